The number of nitrogens with two attached hydrogens (primary N) is 1. The summed E-state index contributed by atoms with van der Waals surface area (Å²) in [5, 5.41) is 35.3. The van der Waals surface area contributed by atoms with Gasteiger partial charge in [-0.15, -0.1) is 0 Å². The molecule has 0 atom stereocenters. The van der Waals surface area contributed by atoms with E-state index in [1.165, 1.54) is 16.5 Å². The van der Waals surface area contributed by atoms with Crippen molar-refractivity contribution in [1.82, 2.24) is 4.57 Å². The number of hydrogen-bond acceptors (Lipinski definition) is 6. The first-order valence-electron chi connectivity index (χ1n) is 14.6. The summed E-state index contributed by atoms with van der Waals surface area (Å²) in [5.74, 6) is 0.0610. The predicted molar refractivity (Wildman–Crippen MR) is 172 cm³/mol. The minimum absolute atomic E-state index is 0.135. The number of aliphatic carboxylic acids is 1. The molecule has 0 fully saturated rings. The SMILES string of the molecule is NC(CO)(CO)CO.O=C(O)CCc1ccc2c(c1)c(CCc1ccccc1)cn2-c1ccc(OCc2ccccc2)cc1. The van der Waals surface area contributed by atoms with Crippen LogP contribution in [0.2, 0.25) is 0 Å². The van der Waals surface area contributed by atoms with Crippen molar-refractivity contribution in [1.29, 1.82) is 0 Å². The molecule has 0 aliphatic rings. The van der Waals surface area contributed by atoms with Crippen molar-refractivity contribution in [2.45, 2.75) is 37.8 Å². The normalized spacial score (nSPS) is 11.2. The highest BCUT2D eigenvalue weighted by atomic mass is 16.5. The number of aryl methyl sites for hydroxylation is 3. The third kappa shape index (κ3) is 9.02. The summed E-state index contributed by atoms with van der Waals surface area (Å²) in [6.07, 6.45) is 4.74. The number of benzene rings is 4. The van der Waals surface area contributed by atoms with Crippen molar-refractivity contribution in [3.8, 4) is 11.4 Å². The van der Waals surface area contributed by atoms with E-state index in [4.69, 9.17) is 30.9 Å². The van der Waals surface area contributed by atoms with Gasteiger partial charge in [0.25, 0.3) is 0 Å². The molecule has 8 nitrogen and oxygen atoms in total. The number of carbonyl (C=O) groups is 1. The number of carboxylic acid groups (broad SMARTS) is 1. The number of aliphatic hydroxyl groups excluding tert-OH is 3. The number of carboxylic acids is 1. The fraction of sp³-hybridized carbons (Fsp3) is 0.250. The Morgan fingerprint density at radius 2 is 1.34 bits per heavy atom. The van der Waals surface area contributed by atoms with Gasteiger partial charge in [-0.25, -0.2) is 0 Å². The molecule has 0 saturated carbocycles. The fourth-order valence-electron chi connectivity index (χ4n) is 4.68. The zero-order valence-corrected chi connectivity index (χ0v) is 24.7. The van der Waals surface area contributed by atoms with Crippen molar-refractivity contribution < 1.29 is 30.0 Å². The molecule has 0 unspecified atom stereocenters. The van der Waals surface area contributed by atoms with Crippen LogP contribution >= 0.6 is 0 Å². The van der Waals surface area contributed by atoms with Crippen molar-refractivity contribution in [3.63, 3.8) is 0 Å². The molecule has 6 N–H and O–H groups in total. The second-order valence-corrected chi connectivity index (χ2v) is 10.9. The molecule has 44 heavy (non-hydrogen) atoms. The van der Waals surface area contributed by atoms with Crippen LogP contribution in [0.4, 0.5) is 0 Å². The summed E-state index contributed by atoms with van der Waals surface area (Å²) in [6.45, 7) is -0.671. The largest absolute Gasteiger partial charge is 0.489 e. The number of rotatable bonds is 13. The van der Waals surface area contributed by atoms with E-state index in [-0.39, 0.29) is 6.42 Å². The van der Waals surface area contributed by atoms with Crippen LogP contribution in [0.3, 0.4) is 0 Å². The number of nitrogens with zero attached hydrogens (tertiary/aromatic N) is 1. The average Bonchev–Trinajstić information content (AvgIpc) is 3.44. The van der Waals surface area contributed by atoms with Crippen LogP contribution < -0.4 is 10.5 Å². The van der Waals surface area contributed by atoms with Gasteiger partial charge in [-0.05, 0) is 77.9 Å². The van der Waals surface area contributed by atoms with E-state index in [9.17, 15) is 4.79 Å². The maximum atomic E-state index is 11.1. The molecule has 1 heterocycles. The van der Waals surface area contributed by atoms with Gasteiger partial charge in [0, 0.05) is 23.7 Å². The Balaban J connectivity index is 0.000000488. The molecule has 5 rings (SSSR count). The van der Waals surface area contributed by atoms with Gasteiger partial charge in [0.1, 0.15) is 12.4 Å². The maximum absolute atomic E-state index is 11.1. The second-order valence-electron chi connectivity index (χ2n) is 10.9. The van der Waals surface area contributed by atoms with Crippen LogP contribution in [0.25, 0.3) is 16.6 Å². The average molecular weight is 597 g/mol. The van der Waals surface area contributed by atoms with Crippen LogP contribution in [-0.4, -0.2) is 56.3 Å². The van der Waals surface area contributed by atoms with Crippen molar-refractivity contribution in [3.05, 3.63) is 132 Å². The lowest BCUT2D eigenvalue weighted by molar-refractivity contribution is -0.136. The molecule has 0 bridgehead atoms. The van der Waals surface area contributed by atoms with E-state index >= 15 is 0 Å². The van der Waals surface area contributed by atoms with Crippen molar-refractivity contribution in [2.75, 3.05) is 19.8 Å². The van der Waals surface area contributed by atoms with Crippen LogP contribution in [0.15, 0.2) is 109 Å². The number of ether oxygens (including phenoxy) is 1. The highest BCUT2D eigenvalue weighted by molar-refractivity contribution is 5.86. The minimum Gasteiger partial charge on any atom is -0.489 e. The predicted octanol–water partition coefficient (Wildman–Crippen LogP) is 4.67. The first-order valence-corrected chi connectivity index (χ1v) is 14.6. The number of fused-ring (bicyclic) bond motifs is 1. The molecule has 0 saturated heterocycles. The molecular formula is C36H40N2O6. The quantitative estimate of drug-likeness (QED) is 0.133. The zero-order valence-electron chi connectivity index (χ0n) is 24.7. The topological polar surface area (TPSA) is 138 Å². The molecule has 0 aliphatic heterocycles. The van der Waals surface area contributed by atoms with Gasteiger partial charge in [0.2, 0.25) is 0 Å². The fourth-order valence-corrected chi connectivity index (χ4v) is 4.68. The van der Waals surface area contributed by atoms with Crippen LogP contribution in [-0.2, 0) is 30.7 Å². The van der Waals surface area contributed by atoms with Gasteiger partial charge in [0.15, 0.2) is 0 Å². The molecule has 0 amide bonds. The molecule has 230 valence electrons. The minimum atomic E-state index is -1.21. The Labute approximate surface area is 257 Å². The first kappa shape index (κ1) is 32.4. The lowest BCUT2D eigenvalue weighted by Crippen LogP contribution is -2.50. The number of aliphatic hydroxyl groups is 3. The van der Waals surface area contributed by atoms with E-state index < -0.39 is 31.3 Å². The Morgan fingerprint density at radius 1 is 0.727 bits per heavy atom. The number of hydrogen-bond donors (Lipinski definition) is 5. The third-order valence-electron chi connectivity index (χ3n) is 7.41. The zero-order chi connectivity index (χ0) is 31.4. The highest BCUT2D eigenvalue weighted by Crippen LogP contribution is 2.29. The Morgan fingerprint density at radius 3 is 1.91 bits per heavy atom. The molecular weight excluding hydrogens is 556 g/mol. The molecule has 4 aromatic carbocycles. The molecule has 8 heteroatoms. The maximum Gasteiger partial charge on any atom is 0.303 e. The monoisotopic (exact) mass is 596 g/mol. The first-order chi connectivity index (χ1) is 21.3. The van der Waals surface area contributed by atoms with E-state index in [0.29, 0.717) is 13.0 Å². The van der Waals surface area contributed by atoms with Crippen LogP contribution in [0, 0.1) is 0 Å². The Bertz CT molecular complexity index is 1590. The third-order valence-corrected chi connectivity index (χ3v) is 7.41. The number of aromatic nitrogens is 1. The van der Waals surface area contributed by atoms with Crippen LogP contribution in [0.1, 0.15) is 28.7 Å². The molecule has 5 aromatic rings. The van der Waals surface area contributed by atoms with Crippen molar-refractivity contribution >= 4 is 16.9 Å². The Kier molecular flexibility index (Phi) is 11.7. The molecule has 1 aromatic heterocycles. The molecule has 0 aliphatic carbocycles. The molecule has 0 radical (unpaired) electrons. The van der Waals surface area contributed by atoms with Gasteiger partial charge in [0.05, 0.1) is 30.9 Å². The van der Waals surface area contributed by atoms with E-state index in [0.717, 1.165) is 40.9 Å². The summed E-state index contributed by atoms with van der Waals surface area (Å²) in [5.41, 5.74) is 10.9. The van der Waals surface area contributed by atoms with E-state index in [1.807, 2.05) is 42.5 Å². The van der Waals surface area contributed by atoms with Crippen LogP contribution in [0.5, 0.6) is 5.75 Å². The molecule has 0 spiro atoms. The van der Waals surface area contributed by atoms with Crippen molar-refractivity contribution in [2.24, 2.45) is 5.73 Å². The van der Waals surface area contributed by atoms with E-state index in [2.05, 4.69) is 71.4 Å². The van der Waals surface area contributed by atoms with E-state index in [1.54, 1.807) is 0 Å². The lowest BCUT2D eigenvalue weighted by atomic mass is 10.0. The highest BCUT2D eigenvalue weighted by Gasteiger charge is 2.20. The second kappa shape index (κ2) is 15.8. The Hall–Kier alpha value is -4.47. The van der Waals surface area contributed by atoms with Gasteiger partial charge in [-0.3, -0.25) is 4.79 Å². The smallest absolute Gasteiger partial charge is 0.303 e. The summed E-state index contributed by atoms with van der Waals surface area (Å²) >= 11 is 0. The summed E-state index contributed by atoms with van der Waals surface area (Å²) in [7, 11) is 0. The van der Waals surface area contributed by atoms with Gasteiger partial charge < -0.3 is 35.5 Å². The lowest BCUT2D eigenvalue weighted by Gasteiger charge is -2.20. The van der Waals surface area contributed by atoms with Gasteiger partial charge in [-0.2, -0.15) is 0 Å². The summed E-state index contributed by atoms with van der Waals surface area (Å²) in [6, 6.07) is 35.1. The summed E-state index contributed by atoms with van der Waals surface area (Å²) in [4.78, 5) is 11.1. The van der Waals surface area contributed by atoms with Gasteiger partial charge >= 0.3 is 5.97 Å². The standard InChI is InChI=1S/C32H29NO3.C4H11NO3/c34-32(35)20-13-25-12-19-31-30(21-25)27(14-11-24-7-3-1-4-8-24)22-33(31)28-15-17-29(18-16-28)36-23-26-9-5-2-6-10-26;5-4(1-6,2-7)3-8/h1-10,12,15-19,21-22H,11,13-14,20,23H2,(H,34,35);6-8H,1-3,5H2. The summed E-state index contributed by atoms with van der Waals surface area (Å²) < 4.78 is 8.19. The van der Waals surface area contributed by atoms with Gasteiger partial charge in [-0.1, -0.05) is 66.7 Å².